The van der Waals surface area contributed by atoms with Crippen LogP contribution < -0.4 is 0 Å². The highest BCUT2D eigenvalue weighted by Gasteiger charge is 2.07. The highest BCUT2D eigenvalue weighted by molar-refractivity contribution is 9.11. The van der Waals surface area contributed by atoms with Gasteiger partial charge < -0.3 is 0 Å². The number of fused-ring (bicyclic) bond motifs is 1. The van der Waals surface area contributed by atoms with Gasteiger partial charge in [-0.2, -0.15) is 0 Å². The lowest BCUT2D eigenvalue weighted by Gasteiger charge is -2.02. The van der Waals surface area contributed by atoms with E-state index in [4.69, 9.17) is 0 Å². The Bertz CT molecular complexity index is 462. The second kappa shape index (κ2) is 3.35. The SMILES string of the molecule is Fc1ccc(Br)c2nccc(Br)c12. The Morgan fingerprint density at radius 2 is 1.85 bits per heavy atom. The van der Waals surface area contributed by atoms with Crippen LogP contribution in [0.2, 0.25) is 0 Å². The second-order valence-electron chi connectivity index (χ2n) is 2.55. The van der Waals surface area contributed by atoms with E-state index in [2.05, 4.69) is 36.8 Å². The smallest absolute Gasteiger partial charge is 0.133 e. The Morgan fingerprint density at radius 3 is 2.54 bits per heavy atom. The Labute approximate surface area is 91.2 Å². The topological polar surface area (TPSA) is 12.9 Å². The van der Waals surface area contributed by atoms with Crippen LogP contribution in [-0.2, 0) is 0 Å². The van der Waals surface area contributed by atoms with Crippen molar-refractivity contribution in [1.29, 1.82) is 0 Å². The fourth-order valence-electron chi connectivity index (χ4n) is 1.16. The maximum absolute atomic E-state index is 13.3. The van der Waals surface area contributed by atoms with Crippen molar-refractivity contribution in [2.75, 3.05) is 0 Å². The van der Waals surface area contributed by atoms with Gasteiger partial charge in [0.05, 0.1) is 10.9 Å². The second-order valence-corrected chi connectivity index (χ2v) is 4.25. The lowest BCUT2D eigenvalue weighted by Crippen LogP contribution is -1.85. The van der Waals surface area contributed by atoms with Gasteiger partial charge in [-0.15, -0.1) is 0 Å². The number of pyridine rings is 1. The van der Waals surface area contributed by atoms with E-state index in [1.807, 2.05) is 0 Å². The van der Waals surface area contributed by atoms with Gasteiger partial charge in [-0.3, -0.25) is 4.98 Å². The molecular weight excluding hydrogens is 301 g/mol. The first-order valence-electron chi connectivity index (χ1n) is 3.58. The fraction of sp³-hybridized carbons (Fsp3) is 0. The maximum atomic E-state index is 13.3. The van der Waals surface area contributed by atoms with Crippen molar-refractivity contribution in [3.63, 3.8) is 0 Å². The van der Waals surface area contributed by atoms with E-state index in [0.29, 0.717) is 10.9 Å². The monoisotopic (exact) mass is 303 g/mol. The summed E-state index contributed by atoms with van der Waals surface area (Å²) in [5, 5.41) is 0.511. The number of hydrogen-bond donors (Lipinski definition) is 0. The predicted octanol–water partition coefficient (Wildman–Crippen LogP) is 3.90. The van der Waals surface area contributed by atoms with Crippen molar-refractivity contribution in [3.05, 3.63) is 39.2 Å². The highest BCUT2D eigenvalue weighted by Crippen LogP contribution is 2.29. The van der Waals surface area contributed by atoms with E-state index in [1.54, 1.807) is 18.3 Å². The normalized spacial score (nSPS) is 10.7. The number of aromatic nitrogens is 1. The summed E-state index contributed by atoms with van der Waals surface area (Å²) in [6, 6.07) is 4.79. The zero-order chi connectivity index (χ0) is 9.42. The van der Waals surface area contributed by atoms with Crippen molar-refractivity contribution < 1.29 is 4.39 Å². The molecule has 0 saturated heterocycles. The van der Waals surface area contributed by atoms with E-state index in [0.717, 1.165) is 8.95 Å². The van der Waals surface area contributed by atoms with Crippen molar-refractivity contribution in [1.82, 2.24) is 4.98 Å². The summed E-state index contributed by atoms with van der Waals surface area (Å²) in [5.74, 6) is -0.266. The first-order valence-corrected chi connectivity index (χ1v) is 5.17. The first kappa shape index (κ1) is 9.09. The van der Waals surface area contributed by atoms with Crippen LogP contribution in [0, 0.1) is 5.82 Å². The average molecular weight is 305 g/mol. The Balaban J connectivity index is 3.00. The Hall–Kier alpha value is -0.480. The zero-order valence-corrected chi connectivity index (χ0v) is 9.56. The Kier molecular flexibility index (Phi) is 2.34. The van der Waals surface area contributed by atoms with Crippen LogP contribution in [0.3, 0.4) is 0 Å². The number of hydrogen-bond acceptors (Lipinski definition) is 1. The number of halogens is 3. The molecule has 0 N–H and O–H groups in total. The minimum atomic E-state index is -0.266. The third kappa shape index (κ3) is 1.48. The molecule has 0 aliphatic heterocycles. The van der Waals surface area contributed by atoms with Crippen LogP contribution in [0.15, 0.2) is 33.3 Å². The van der Waals surface area contributed by atoms with E-state index in [1.165, 1.54) is 6.07 Å². The molecule has 0 radical (unpaired) electrons. The van der Waals surface area contributed by atoms with Gasteiger partial charge in [-0.1, -0.05) is 0 Å². The molecule has 0 aliphatic rings. The molecule has 66 valence electrons. The van der Waals surface area contributed by atoms with Gasteiger partial charge in [-0.05, 0) is 50.1 Å². The minimum absolute atomic E-state index is 0.266. The van der Waals surface area contributed by atoms with Crippen LogP contribution >= 0.6 is 31.9 Å². The van der Waals surface area contributed by atoms with Crippen LogP contribution in [0.4, 0.5) is 4.39 Å². The van der Waals surface area contributed by atoms with Gasteiger partial charge in [0.25, 0.3) is 0 Å². The number of benzene rings is 1. The first-order chi connectivity index (χ1) is 6.20. The summed E-state index contributed by atoms with van der Waals surface area (Å²) in [5.41, 5.74) is 0.634. The molecule has 2 aromatic rings. The summed E-state index contributed by atoms with van der Waals surface area (Å²) in [6.07, 6.45) is 1.64. The molecule has 0 fully saturated rings. The van der Waals surface area contributed by atoms with Crippen LogP contribution in [-0.4, -0.2) is 4.98 Å². The quantitative estimate of drug-likeness (QED) is 0.719. The van der Waals surface area contributed by atoms with Crippen LogP contribution in [0.5, 0.6) is 0 Å². The highest BCUT2D eigenvalue weighted by atomic mass is 79.9. The third-order valence-corrected chi connectivity index (χ3v) is 3.04. The van der Waals surface area contributed by atoms with Crippen molar-refractivity contribution in [2.45, 2.75) is 0 Å². The van der Waals surface area contributed by atoms with Gasteiger partial charge >= 0.3 is 0 Å². The molecular formula is C9H4Br2FN. The van der Waals surface area contributed by atoms with Gasteiger partial charge in [0.1, 0.15) is 5.82 Å². The number of nitrogens with zero attached hydrogens (tertiary/aromatic N) is 1. The van der Waals surface area contributed by atoms with Crippen molar-refractivity contribution in [2.24, 2.45) is 0 Å². The van der Waals surface area contributed by atoms with Gasteiger partial charge in [0.15, 0.2) is 0 Å². The molecule has 0 bridgehead atoms. The molecule has 0 aliphatic carbocycles. The van der Waals surface area contributed by atoms with E-state index in [-0.39, 0.29) is 5.82 Å². The lowest BCUT2D eigenvalue weighted by atomic mass is 10.2. The predicted molar refractivity (Wildman–Crippen MR) is 57.1 cm³/mol. The van der Waals surface area contributed by atoms with Crippen LogP contribution in [0.25, 0.3) is 10.9 Å². The fourth-order valence-corrected chi connectivity index (χ4v) is 2.08. The van der Waals surface area contributed by atoms with Crippen LogP contribution in [0.1, 0.15) is 0 Å². The largest absolute Gasteiger partial charge is 0.255 e. The summed E-state index contributed by atoms with van der Waals surface area (Å²) < 4.78 is 14.9. The average Bonchev–Trinajstić information content (AvgIpc) is 2.12. The Morgan fingerprint density at radius 1 is 1.08 bits per heavy atom. The van der Waals surface area contributed by atoms with Gasteiger partial charge in [0.2, 0.25) is 0 Å². The summed E-state index contributed by atoms with van der Waals surface area (Å²) in [7, 11) is 0. The van der Waals surface area contributed by atoms with E-state index < -0.39 is 0 Å². The molecule has 4 heteroatoms. The molecule has 1 aromatic heterocycles. The molecule has 2 rings (SSSR count). The lowest BCUT2D eigenvalue weighted by molar-refractivity contribution is 0.639. The minimum Gasteiger partial charge on any atom is -0.255 e. The molecule has 1 aromatic carbocycles. The summed E-state index contributed by atoms with van der Waals surface area (Å²) in [4.78, 5) is 4.09. The molecule has 1 nitrogen and oxygen atoms in total. The maximum Gasteiger partial charge on any atom is 0.133 e. The molecule has 0 atom stereocenters. The molecule has 0 spiro atoms. The molecule has 0 saturated carbocycles. The zero-order valence-electron chi connectivity index (χ0n) is 6.39. The van der Waals surface area contributed by atoms with E-state index >= 15 is 0 Å². The van der Waals surface area contributed by atoms with Gasteiger partial charge in [-0.25, -0.2) is 4.39 Å². The van der Waals surface area contributed by atoms with Crippen molar-refractivity contribution in [3.8, 4) is 0 Å². The third-order valence-electron chi connectivity index (χ3n) is 1.74. The molecule has 13 heavy (non-hydrogen) atoms. The molecule has 0 amide bonds. The summed E-state index contributed by atoms with van der Waals surface area (Å²) >= 11 is 6.60. The van der Waals surface area contributed by atoms with Gasteiger partial charge in [0, 0.05) is 15.1 Å². The number of rotatable bonds is 0. The summed E-state index contributed by atoms with van der Waals surface area (Å²) in [6.45, 7) is 0. The standard InChI is InChI=1S/C9H4Br2FN/c10-5-3-4-13-9-6(11)1-2-7(12)8(5)9/h1-4H. The molecule has 0 unspecified atom stereocenters. The van der Waals surface area contributed by atoms with E-state index in [9.17, 15) is 4.39 Å². The van der Waals surface area contributed by atoms with Crippen molar-refractivity contribution >= 4 is 42.8 Å². The molecule has 1 heterocycles.